The average Bonchev–Trinajstić information content (AvgIpc) is 2.27. The molecule has 2 unspecified atom stereocenters. The van der Waals surface area contributed by atoms with Crippen molar-refractivity contribution in [1.29, 1.82) is 0 Å². The summed E-state index contributed by atoms with van der Waals surface area (Å²) in [7, 11) is 0. The summed E-state index contributed by atoms with van der Waals surface area (Å²) in [5, 5.41) is 12.2. The number of para-hydroxylation sites is 1. The molecule has 0 bridgehead atoms. The fourth-order valence-corrected chi connectivity index (χ4v) is 1.79. The van der Waals surface area contributed by atoms with E-state index >= 15 is 0 Å². The van der Waals surface area contributed by atoms with Gasteiger partial charge >= 0.3 is 0 Å². The monoisotopic (exact) mass is 205 g/mol. The Kier molecular flexibility index (Phi) is 4.19. The molecule has 0 fully saturated rings. The van der Waals surface area contributed by atoms with Crippen LogP contribution in [0.2, 0.25) is 0 Å². The summed E-state index contributed by atoms with van der Waals surface area (Å²) in [6, 6.07) is 5.97. The van der Waals surface area contributed by atoms with Crippen LogP contribution in [-0.4, -0.2) is 0 Å². The standard InChI is InChI=1S/C14H21O/c1-5-10(3)12-8-7-9-13(14(12)15)11(4)6-2/h7-11H,5-6H2,1-4H3. The summed E-state index contributed by atoms with van der Waals surface area (Å²) < 4.78 is 0. The van der Waals surface area contributed by atoms with Gasteiger partial charge in [-0.05, 0) is 24.7 Å². The Labute approximate surface area is 93.1 Å². The van der Waals surface area contributed by atoms with Crippen LogP contribution in [0.1, 0.15) is 63.5 Å². The van der Waals surface area contributed by atoms with E-state index in [1.54, 1.807) is 0 Å². The quantitative estimate of drug-likeness (QED) is 0.669. The largest absolute Gasteiger partial charge is 0.289 e. The van der Waals surface area contributed by atoms with Crippen LogP contribution < -0.4 is 0 Å². The second-order valence-corrected chi connectivity index (χ2v) is 4.38. The topological polar surface area (TPSA) is 19.9 Å². The first-order chi connectivity index (χ1) is 7.11. The third-order valence-corrected chi connectivity index (χ3v) is 3.36. The predicted molar refractivity (Wildman–Crippen MR) is 64.0 cm³/mol. The second kappa shape index (κ2) is 5.20. The molecule has 1 heteroatoms. The molecule has 0 spiro atoms. The SMILES string of the molecule is CCC(C)c1cccc(C(C)CC)c1[O]. The van der Waals surface area contributed by atoms with Gasteiger partial charge < -0.3 is 0 Å². The van der Waals surface area contributed by atoms with E-state index < -0.39 is 0 Å². The van der Waals surface area contributed by atoms with Crippen molar-refractivity contribution in [2.45, 2.75) is 52.4 Å². The lowest BCUT2D eigenvalue weighted by atomic mass is 9.90. The van der Waals surface area contributed by atoms with Gasteiger partial charge in [0.25, 0.3) is 0 Å². The summed E-state index contributed by atoms with van der Waals surface area (Å²) in [5.41, 5.74) is 1.96. The first kappa shape index (κ1) is 12.1. The molecule has 83 valence electrons. The van der Waals surface area contributed by atoms with Crippen molar-refractivity contribution in [3.05, 3.63) is 29.3 Å². The van der Waals surface area contributed by atoms with Gasteiger partial charge in [0.1, 0.15) is 0 Å². The Morgan fingerprint density at radius 1 is 1.00 bits per heavy atom. The van der Waals surface area contributed by atoms with E-state index in [1.807, 2.05) is 18.2 Å². The third kappa shape index (κ3) is 2.53. The van der Waals surface area contributed by atoms with Crippen LogP contribution in [0, 0.1) is 0 Å². The minimum atomic E-state index is 0.265. The molecule has 0 saturated carbocycles. The number of hydrogen-bond acceptors (Lipinski definition) is 0. The maximum Gasteiger partial charge on any atom is 0.185 e. The first-order valence-electron chi connectivity index (χ1n) is 5.91. The van der Waals surface area contributed by atoms with Crippen LogP contribution in [0.3, 0.4) is 0 Å². The van der Waals surface area contributed by atoms with E-state index in [0.717, 1.165) is 24.0 Å². The summed E-state index contributed by atoms with van der Waals surface area (Å²) in [6.45, 7) is 8.49. The molecule has 0 aliphatic heterocycles. The van der Waals surface area contributed by atoms with Crippen molar-refractivity contribution in [1.82, 2.24) is 0 Å². The molecule has 0 aliphatic rings. The van der Waals surface area contributed by atoms with Gasteiger partial charge in [-0.1, -0.05) is 45.9 Å². The molecule has 0 aliphatic carbocycles. The molecule has 0 saturated heterocycles. The van der Waals surface area contributed by atoms with Gasteiger partial charge in [0.05, 0.1) is 0 Å². The molecule has 1 aromatic rings. The Morgan fingerprint density at radius 3 is 1.73 bits per heavy atom. The Balaban J connectivity index is 3.11. The summed E-state index contributed by atoms with van der Waals surface area (Å²) in [5.74, 6) is 1.02. The van der Waals surface area contributed by atoms with Crippen molar-refractivity contribution in [2.24, 2.45) is 0 Å². The van der Waals surface area contributed by atoms with E-state index in [2.05, 4.69) is 27.7 Å². The highest BCUT2D eigenvalue weighted by Gasteiger charge is 2.16. The van der Waals surface area contributed by atoms with Gasteiger partial charge in [-0.25, -0.2) is 0 Å². The van der Waals surface area contributed by atoms with E-state index in [1.165, 1.54) is 0 Å². The van der Waals surface area contributed by atoms with Crippen LogP contribution in [0.15, 0.2) is 18.2 Å². The number of benzene rings is 1. The predicted octanol–water partition coefficient (Wildman–Crippen LogP) is 4.86. The van der Waals surface area contributed by atoms with Gasteiger partial charge in [-0.3, -0.25) is 5.11 Å². The van der Waals surface area contributed by atoms with Gasteiger partial charge in [0, 0.05) is 11.1 Å². The van der Waals surface area contributed by atoms with Crippen molar-refractivity contribution in [2.75, 3.05) is 0 Å². The maximum absolute atomic E-state index is 12.2. The molecule has 0 N–H and O–H groups in total. The van der Waals surface area contributed by atoms with Gasteiger partial charge in [-0.2, -0.15) is 0 Å². The van der Waals surface area contributed by atoms with Crippen molar-refractivity contribution >= 4 is 0 Å². The maximum atomic E-state index is 12.2. The van der Waals surface area contributed by atoms with Crippen molar-refractivity contribution in [3.8, 4) is 5.75 Å². The first-order valence-corrected chi connectivity index (χ1v) is 5.91. The van der Waals surface area contributed by atoms with Crippen LogP contribution in [-0.2, 0) is 5.11 Å². The highest BCUT2D eigenvalue weighted by Crippen LogP contribution is 2.35. The Morgan fingerprint density at radius 2 is 1.40 bits per heavy atom. The fraction of sp³-hybridized carbons (Fsp3) is 0.571. The highest BCUT2D eigenvalue weighted by atomic mass is 16.3. The molecular formula is C14H21O. The molecule has 0 aromatic heterocycles. The van der Waals surface area contributed by atoms with E-state index in [0.29, 0.717) is 11.8 Å². The highest BCUT2D eigenvalue weighted by molar-refractivity contribution is 5.43. The van der Waals surface area contributed by atoms with E-state index in [4.69, 9.17) is 0 Å². The van der Waals surface area contributed by atoms with Gasteiger partial charge in [-0.15, -0.1) is 0 Å². The van der Waals surface area contributed by atoms with E-state index in [9.17, 15) is 5.11 Å². The van der Waals surface area contributed by atoms with Gasteiger partial charge in [0.2, 0.25) is 0 Å². The molecule has 1 nitrogen and oxygen atoms in total. The molecule has 15 heavy (non-hydrogen) atoms. The van der Waals surface area contributed by atoms with E-state index in [-0.39, 0.29) is 5.75 Å². The normalized spacial score (nSPS) is 14.9. The lowest BCUT2D eigenvalue weighted by molar-refractivity contribution is 0.339. The fourth-order valence-electron chi connectivity index (χ4n) is 1.79. The number of hydrogen-bond donors (Lipinski definition) is 0. The molecule has 1 radical (unpaired) electrons. The van der Waals surface area contributed by atoms with Crippen LogP contribution >= 0.6 is 0 Å². The van der Waals surface area contributed by atoms with Crippen LogP contribution in [0.4, 0.5) is 0 Å². The molecule has 2 atom stereocenters. The molecular weight excluding hydrogens is 184 g/mol. The van der Waals surface area contributed by atoms with Crippen molar-refractivity contribution in [3.63, 3.8) is 0 Å². The van der Waals surface area contributed by atoms with Crippen LogP contribution in [0.5, 0.6) is 5.75 Å². The molecule has 1 aromatic carbocycles. The molecule has 1 rings (SSSR count). The zero-order valence-corrected chi connectivity index (χ0v) is 10.2. The minimum absolute atomic E-state index is 0.265. The summed E-state index contributed by atoms with van der Waals surface area (Å²) in [4.78, 5) is 0. The molecule has 0 heterocycles. The van der Waals surface area contributed by atoms with Gasteiger partial charge in [0.15, 0.2) is 5.75 Å². The molecule has 0 amide bonds. The summed E-state index contributed by atoms with van der Waals surface area (Å²) in [6.07, 6.45) is 2.05. The average molecular weight is 205 g/mol. The minimum Gasteiger partial charge on any atom is -0.289 e. The smallest absolute Gasteiger partial charge is 0.185 e. The summed E-state index contributed by atoms with van der Waals surface area (Å²) >= 11 is 0. The zero-order chi connectivity index (χ0) is 11.4. The number of rotatable bonds is 4. The van der Waals surface area contributed by atoms with Crippen molar-refractivity contribution < 1.29 is 5.11 Å². The Bertz CT molecular complexity index is 289. The lowest BCUT2D eigenvalue weighted by Gasteiger charge is -2.15. The Hall–Kier alpha value is -0.980. The van der Waals surface area contributed by atoms with Crippen LogP contribution in [0.25, 0.3) is 0 Å². The third-order valence-electron chi connectivity index (χ3n) is 3.36. The second-order valence-electron chi connectivity index (χ2n) is 4.38. The zero-order valence-electron chi connectivity index (χ0n) is 10.2. The lowest BCUT2D eigenvalue weighted by Crippen LogP contribution is -1.97.